The van der Waals surface area contributed by atoms with Gasteiger partial charge in [-0.1, -0.05) is 24.3 Å². The minimum absolute atomic E-state index is 0.401. The molecule has 1 aliphatic rings. The molecule has 0 radical (unpaired) electrons. The summed E-state index contributed by atoms with van der Waals surface area (Å²) in [5, 5.41) is 10.4. The van der Waals surface area contributed by atoms with Gasteiger partial charge in [-0.3, -0.25) is 14.7 Å². The van der Waals surface area contributed by atoms with Crippen molar-refractivity contribution in [2.75, 3.05) is 18.1 Å². The Morgan fingerprint density at radius 2 is 2.20 bits per heavy atom. The summed E-state index contributed by atoms with van der Waals surface area (Å²) >= 11 is 1.71. The Morgan fingerprint density at radius 1 is 1.35 bits per heavy atom. The summed E-state index contributed by atoms with van der Waals surface area (Å²) in [4.78, 5) is 17.9. The van der Waals surface area contributed by atoms with Crippen molar-refractivity contribution >= 4 is 28.6 Å². The number of aliphatic carboxylic acids is 1. The summed E-state index contributed by atoms with van der Waals surface area (Å²) in [5.41, 5.74) is 1.89. The Morgan fingerprint density at radius 3 is 3.05 bits per heavy atom. The van der Waals surface area contributed by atoms with E-state index < -0.39 is 12.0 Å². The quantitative estimate of drug-likeness (QED) is 0.938. The Hall–Kier alpha value is -1.59. The van der Waals surface area contributed by atoms with Gasteiger partial charge < -0.3 is 5.11 Å². The lowest BCUT2D eigenvalue weighted by Crippen LogP contribution is -2.46. The lowest BCUT2D eigenvalue weighted by Gasteiger charge is -2.32. The Labute approximate surface area is 121 Å². The van der Waals surface area contributed by atoms with E-state index >= 15 is 0 Å². The largest absolute Gasteiger partial charge is 0.480 e. The van der Waals surface area contributed by atoms with E-state index in [1.165, 1.54) is 0 Å². The maximum atomic E-state index is 11.3. The van der Waals surface area contributed by atoms with Gasteiger partial charge in [0.1, 0.15) is 6.04 Å². The molecule has 1 aliphatic heterocycles. The third-order valence-electron chi connectivity index (χ3n) is 3.55. The molecule has 0 saturated carbocycles. The van der Waals surface area contributed by atoms with Crippen LogP contribution >= 0.6 is 11.8 Å². The number of benzene rings is 1. The number of thioether (sulfide) groups is 1. The lowest BCUT2D eigenvalue weighted by molar-refractivity contribution is -0.142. The molecule has 20 heavy (non-hydrogen) atoms. The van der Waals surface area contributed by atoms with Crippen LogP contribution in [-0.2, 0) is 11.3 Å². The van der Waals surface area contributed by atoms with Gasteiger partial charge in [0.15, 0.2) is 0 Å². The van der Waals surface area contributed by atoms with Crippen LogP contribution in [0.5, 0.6) is 0 Å². The fourth-order valence-electron chi connectivity index (χ4n) is 2.46. The summed E-state index contributed by atoms with van der Waals surface area (Å²) < 4.78 is 0. The zero-order chi connectivity index (χ0) is 13.9. The topological polar surface area (TPSA) is 53.4 Å². The number of hydrogen-bond donors (Lipinski definition) is 1. The Kier molecular flexibility index (Phi) is 3.89. The predicted molar refractivity (Wildman–Crippen MR) is 80.9 cm³/mol. The van der Waals surface area contributed by atoms with Crippen molar-refractivity contribution in [3.63, 3.8) is 0 Å². The fraction of sp³-hybridized carbons (Fsp3) is 0.333. The van der Waals surface area contributed by atoms with Gasteiger partial charge in [0.25, 0.3) is 0 Å². The number of fused-ring (bicyclic) bond motifs is 1. The van der Waals surface area contributed by atoms with E-state index in [-0.39, 0.29) is 0 Å². The first-order valence-corrected chi connectivity index (χ1v) is 7.79. The fourth-order valence-corrected chi connectivity index (χ4v) is 3.57. The Bertz CT molecular complexity index is 632. The molecular weight excluding hydrogens is 272 g/mol. The number of hydrogen-bond acceptors (Lipinski definition) is 4. The van der Waals surface area contributed by atoms with E-state index in [9.17, 15) is 9.90 Å². The minimum atomic E-state index is -0.738. The summed E-state index contributed by atoms with van der Waals surface area (Å²) in [7, 11) is 0. The van der Waals surface area contributed by atoms with Gasteiger partial charge in [-0.25, -0.2) is 0 Å². The zero-order valence-corrected chi connectivity index (χ0v) is 11.8. The summed E-state index contributed by atoms with van der Waals surface area (Å²) in [6.07, 6.45) is 0. The van der Waals surface area contributed by atoms with E-state index in [1.807, 2.05) is 41.3 Å². The van der Waals surface area contributed by atoms with Crippen LogP contribution in [0.2, 0.25) is 0 Å². The first kappa shape index (κ1) is 13.4. The minimum Gasteiger partial charge on any atom is -0.480 e. The molecule has 4 nitrogen and oxygen atoms in total. The third kappa shape index (κ3) is 2.78. The van der Waals surface area contributed by atoms with Gasteiger partial charge in [0.05, 0.1) is 11.2 Å². The highest BCUT2D eigenvalue weighted by Crippen LogP contribution is 2.20. The molecule has 1 unspecified atom stereocenters. The first-order valence-electron chi connectivity index (χ1n) is 6.63. The smallest absolute Gasteiger partial charge is 0.321 e. The number of carboxylic acids is 1. The van der Waals surface area contributed by atoms with Gasteiger partial charge in [0, 0.05) is 30.0 Å². The highest BCUT2D eigenvalue weighted by Gasteiger charge is 2.28. The molecule has 0 spiro atoms. The maximum Gasteiger partial charge on any atom is 0.321 e. The maximum absolute atomic E-state index is 11.3. The summed E-state index contributed by atoms with van der Waals surface area (Å²) in [6.45, 7) is 1.40. The molecule has 104 valence electrons. The number of carboxylic acid groups (broad SMARTS) is 1. The van der Waals surface area contributed by atoms with Crippen LogP contribution in [0.4, 0.5) is 0 Å². The molecule has 1 fully saturated rings. The van der Waals surface area contributed by atoms with Gasteiger partial charge in [-0.15, -0.1) is 0 Å². The standard InChI is InChI=1S/C15H16N2O2S/c18-15(19)14-10-20-8-7-17(14)9-12-6-5-11-3-1-2-4-13(11)16-12/h1-6,14H,7-10H2,(H,18,19). The van der Waals surface area contributed by atoms with Gasteiger partial charge in [-0.05, 0) is 12.1 Å². The predicted octanol–water partition coefficient (Wildman–Crippen LogP) is 2.24. The van der Waals surface area contributed by atoms with Crippen LogP contribution in [0.25, 0.3) is 10.9 Å². The molecule has 3 rings (SSSR count). The monoisotopic (exact) mass is 288 g/mol. The van der Waals surface area contributed by atoms with Gasteiger partial charge in [0.2, 0.25) is 0 Å². The van der Waals surface area contributed by atoms with E-state index in [0.717, 1.165) is 28.9 Å². The molecule has 1 atom stereocenters. The van der Waals surface area contributed by atoms with Crippen LogP contribution < -0.4 is 0 Å². The van der Waals surface area contributed by atoms with Gasteiger partial charge >= 0.3 is 5.97 Å². The van der Waals surface area contributed by atoms with Crippen LogP contribution in [-0.4, -0.2) is 45.1 Å². The molecule has 2 aromatic rings. The second-order valence-electron chi connectivity index (χ2n) is 4.89. The van der Waals surface area contributed by atoms with Crippen molar-refractivity contribution in [1.82, 2.24) is 9.88 Å². The van der Waals surface area contributed by atoms with Crippen molar-refractivity contribution in [2.24, 2.45) is 0 Å². The molecule has 2 heterocycles. The van der Waals surface area contributed by atoms with Crippen LogP contribution in [0.15, 0.2) is 36.4 Å². The van der Waals surface area contributed by atoms with Crippen LogP contribution in [0.1, 0.15) is 5.69 Å². The second-order valence-corrected chi connectivity index (χ2v) is 6.04. The first-order chi connectivity index (χ1) is 9.74. The van der Waals surface area contributed by atoms with Crippen LogP contribution in [0, 0.1) is 0 Å². The van der Waals surface area contributed by atoms with E-state index in [1.54, 1.807) is 11.8 Å². The number of rotatable bonds is 3. The Balaban J connectivity index is 1.82. The highest BCUT2D eigenvalue weighted by molar-refractivity contribution is 7.99. The molecular formula is C15H16N2O2S. The summed E-state index contributed by atoms with van der Waals surface area (Å²) in [6, 6.07) is 11.6. The van der Waals surface area contributed by atoms with E-state index in [4.69, 9.17) is 0 Å². The number of carbonyl (C=O) groups is 1. The average molecular weight is 288 g/mol. The molecule has 1 aromatic heterocycles. The molecule has 1 saturated heterocycles. The number of para-hydroxylation sites is 1. The molecule has 1 aromatic carbocycles. The van der Waals surface area contributed by atoms with Crippen molar-refractivity contribution in [3.05, 3.63) is 42.1 Å². The van der Waals surface area contributed by atoms with Crippen molar-refractivity contribution in [2.45, 2.75) is 12.6 Å². The molecule has 1 N–H and O–H groups in total. The highest BCUT2D eigenvalue weighted by atomic mass is 32.2. The van der Waals surface area contributed by atoms with Crippen molar-refractivity contribution in [3.8, 4) is 0 Å². The molecule has 0 amide bonds. The molecule has 5 heteroatoms. The third-order valence-corrected chi connectivity index (χ3v) is 4.57. The number of nitrogens with zero attached hydrogens (tertiary/aromatic N) is 2. The second kappa shape index (κ2) is 5.81. The summed E-state index contributed by atoms with van der Waals surface area (Å²) in [5.74, 6) is 0.901. The molecule has 0 bridgehead atoms. The van der Waals surface area contributed by atoms with Crippen molar-refractivity contribution in [1.29, 1.82) is 0 Å². The van der Waals surface area contributed by atoms with E-state index in [0.29, 0.717) is 12.3 Å². The zero-order valence-electron chi connectivity index (χ0n) is 11.0. The normalized spacial score (nSPS) is 20.1. The van der Waals surface area contributed by atoms with Crippen molar-refractivity contribution < 1.29 is 9.90 Å². The lowest BCUT2D eigenvalue weighted by atomic mass is 10.2. The molecule has 0 aliphatic carbocycles. The van der Waals surface area contributed by atoms with E-state index in [2.05, 4.69) is 4.98 Å². The average Bonchev–Trinajstić information content (AvgIpc) is 2.47. The SMILES string of the molecule is O=C(O)C1CSCCN1Cc1ccc2ccccc2n1. The van der Waals surface area contributed by atoms with Crippen LogP contribution in [0.3, 0.4) is 0 Å². The number of pyridine rings is 1. The van der Waals surface area contributed by atoms with Gasteiger partial charge in [-0.2, -0.15) is 11.8 Å². The number of aromatic nitrogens is 1.